The fourth-order valence-electron chi connectivity index (χ4n) is 4.39. The van der Waals surface area contributed by atoms with Gasteiger partial charge in [0.25, 0.3) is 5.91 Å². The molecule has 0 spiro atoms. The molecule has 4 aromatic rings. The molecule has 172 valence electrons. The molecule has 3 aromatic carbocycles. The maximum Gasteiger partial charge on any atom is 0.273 e. The maximum absolute atomic E-state index is 13.6. The van der Waals surface area contributed by atoms with Crippen LogP contribution in [0.2, 0.25) is 5.02 Å². The number of amides is 1. The third-order valence-electron chi connectivity index (χ3n) is 6.00. The number of aromatic nitrogens is 2. The van der Waals surface area contributed by atoms with Crippen LogP contribution in [0.1, 0.15) is 33.2 Å². The van der Waals surface area contributed by atoms with E-state index in [1.54, 1.807) is 29.2 Å². The molecule has 1 unspecified atom stereocenters. The number of phenolic OH excluding ortho intramolecular Hbond substituents is 1. The number of fused-ring (bicyclic) bond motifs is 1. The Morgan fingerprint density at radius 3 is 2.29 bits per heavy atom. The van der Waals surface area contributed by atoms with Crippen LogP contribution in [0.4, 0.5) is 0 Å². The number of rotatable bonds is 6. The standard InChI is InChI=1S/C26H22ClN3O4/c1-33-19-12-17(13-20(34-2)25(19)31)24-21-22(16-8-10-18(27)11-9-16)28-29-23(21)26(32)30(24)14-15-6-4-3-5-7-15/h3-13,24,31H,14H2,1-2H3,(H,28,29). The second kappa shape index (κ2) is 8.76. The predicted octanol–water partition coefficient (Wildman–Crippen LogP) is 5.20. The Hall–Kier alpha value is -3.97. The summed E-state index contributed by atoms with van der Waals surface area (Å²) in [6.45, 7) is 0.387. The topological polar surface area (TPSA) is 87.7 Å². The molecule has 0 saturated carbocycles. The molecular weight excluding hydrogens is 454 g/mol. The number of hydrogen-bond acceptors (Lipinski definition) is 5. The smallest absolute Gasteiger partial charge is 0.273 e. The monoisotopic (exact) mass is 475 g/mol. The Kier molecular flexibility index (Phi) is 5.63. The number of ether oxygens (including phenoxy) is 2. The molecule has 0 bridgehead atoms. The average Bonchev–Trinajstić information content (AvgIpc) is 3.40. The van der Waals surface area contributed by atoms with E-state index in [2.05, 4.69) is 10.2 Å². The first kappa shape index (κ1) is 21.9. The summed E-state index contributed by atoms with van der Waals surface area (Å²) in [5.74, 6) is 0.249. The zero-order valence-electron chi connectivity index (χ0n) is 18.6. The lowest BCUT2D eigenvalue weighted by molar-refractivity contribution is 0.0729. The number of nitrogens with one attached hydrogen (secondary N) is 1. The minimum absolute atomic E-state index is 0.0991. The van der Waals surface area contributed by atoms with Crippen molar-refractivity contribution in [2.24, 2.45) is 0 Å². The first-order chi connectivity index (χ1) is 16.5. The van der Waals surface area contributed by atoms with E-state index >= 15 is 0 Å². The third kappa shape index (κ3) is 3.64. The van der Waals surface area contributed by atoms with E-state index in [0.29, 0.717) is 23.0 Å². The van der Waals surface area contributed by atoms with Gasteiger partial charge in [-0.05, 0) is 35.4 Å². The number of carbonyl (C=O) groups excluding carboxylic acids is 1. The molecule has 2 heterocycles. The van der Waals surface area contributed by atoms with Crippen LogP contribution in [0, 0.1) is 0 Å². The van der Waals surface area contributed by atoms with Gasteiger partial charge < -0.3 is 19.5 Å². The largest absolute Gasteiger partial charge is 0.502 e. The molecule has 7 nitrogen and oxygen atoms in total. The van der Waals surface area contributed by atoms with Crippen molar-refractivity contribution in [3.63, 3.8) is 0 Å². The minimum Gasteiger partial charge on any atom is -0.502 e. The molecule has 0 fully saturated rings. The summed E-state index contributed by atoms with van der Waals surface area (Å²) in [4.78, 5) is 15.4. The highest BCUT2D eigenvalue weighted by Crippen LogP contribution is 2.47. The van der Waals surface area contributed by atoms with Crippen LogP contribution < -0.4 is 9.47 Å². The van der Waals surface area contributed by atoms with Crippen molar-refractivity contribution in [3.05, 3.63) is 94.1 Å². The number of H-pyrrole nitrogens is 1. The van der Waals surface area contributed by atoms with Gasteiger partial charge >= 0.3 is 0 Å². The lowest BCUT2D eigenvalue weighted by Crippen LogP contribution is -2.29. The van der Waals surface area contributed by atoms with Crippen molar-refractivity contribution < 1.29 is 19.4 Å². The van der Waals surface area contributed by atoms with Gasteiger partial charge in [-0.3, -0.25) is 9.89 Å². The number of aromatic hydroxyl groups is 1. The number of halogens is 1. The Balaban J connectivity index is 1.70. The summed E-state index contributed by atoms with van der Waals surface area (Å²) in [7, 11) is 2.95. The summed E-state index contributed by atoms with van der Waals surface area (Å²) in [6, 6.07) is 20.1. The Morgan fingerprint density at radius 1 is 1.03 bits per heavy atom. The van der Waals surface area contributed by atoms with Crippen molar-refractivity contribution >= 4 is 17.5 Å². The highest BCUT2D eigenvalue weighted by molar-refractivity contribution is 6.30. The molecule has 1 aromatic heterocycles. The van der Waals surface area contributed by atoms with E-state index in [1.165, 1.54) is 14.2 Å². The summed E-state index contributed by atoms with van der Waals surface area (Å²) in [6.07, 6.45) is 0. The molecule has 1 aliphatic rings. The van der Waals surface area contributed by atoms with Crippen molar-refractivity contribution in [1.82, 2.24) is 15.1 Å². The molecule has 8 heteroatoms. The van der Waals surface area contributed by atoms with Crippen LogP contribution in [0.15, 0.2) is 66.7 Å². The van der Waals surface area contributed by atoms with E-state index in [0.717, 1.165) is 22.3 Å². The van der Waals surface area contributed by atoms with E-state index in [-0.39, 0.29) is 23.2 Å². The van der Waals surface area contributed by atoms with E-state index in [4.69, 9.17) is 21.1 Å². The summed E-state index contributed by atoms with van der Waals surface area (Å²) in [5.41, 5.74) is 4.39. The fraction of sp³-hybridized carbons (Fsp3) is 0.154. The predicted molar refractivity (Wildman–Crippen MR) is 128 cm³/mol. The van der Waals surface area contributed by atoms with Gasteiger partial charge in [-0.15, -0.1) is 0 Å². The van der Waals surface area contributed by atoms with Crippen LogP contribution in [0.5, 0.6) is 17.2 Å². The van der Waals surface area contributed by atoms with Gasteiger partial charge in [0.2, 0.25) is 5.75 Å². The van der Waals surface area contributed by atoms with E-state index in [1.807, 2.05) is 42.5 Å². The second-order valence-corrected chi connectivity index (χ2v) is 8.40. The van der Waals surface area contributed by atoms with Gasteiger partial charge in [-0.2, -0.15) is 5.10 Å². The summed E-state index contributed by atoms with van der Waals surface area (Å²) >= 11 is 6.09. The van der Waals surface area contributed by atoms with Crippen molar-refractivity contribution in [3.8, 4) is 28.5 Å². The first-order valence-electron chi connectivity index (χ1n) is 10.7. The lowest BCUT2D eigenvalue weighted by Gasteiger charge is -2.27. The van der Waals surface area contributed by atoms with Crippen LogP contribution in [0.3, 0.4) is 0 Å². The van der Waals surface area contributed by atoms with Gasteiger partial charge in [0.1, 0.15) is 5.69 Å². The lowest BCUT2D eigenvalue weighted by atomic mass is 9.95. The molecule has 1 amide bonds. The molecule has 1 atom stereocenters. The third-order valence-corrected chi connectivity index (χ3v) is 6.25. The SMILES string of the molecule is COc1cc(C2c3c(-c4ccc(Cl)cc4)n[nH]c3C(=O)N2Cc2ccccc2)cc(OC)c1O. The number of hydrogen-bond donors (Lipinski definition) is 2. The molecule has 2 N–H and O–H groups in total. The quantitative estimate of drug-likeness (QED) is 0.400. The Morgan fingerprint density at radius 2 is 1.68 bits per heavy atom. The molecule has 0 aliphatic carbocycles. The molecule has 34 heavy (non-hydrogen) atoms. The van der Waals surface area contributed by atoms with Crippen molar-refractivity contribution in [2.75, 3.05) is 14.2 Å². The molecule has 1 aliphatic heterocycles. The number of carbonyl (C=O) groups is 1. The molecule has 0 radical (unpaired) electrons. The number of phenols is 1. The highest BCUT2D eigenvalue weighted by atomic mass is 35.5. The van der Waals surface area contributed by atoms with Gasteiger partial charge in [0.15, 0.2) is 11.5 Å². The van der Waals surface area contributed by atoms with E-state index in [9.17, 15) is 9.90 Å². The van der Waals surface area contributed by atoms with Gasteiger partial charge in [-0.25, -0.2) is 0 Å². The zero-order valence-corrected chi connectivity index (χ0v) is 19.3. The first-order valence-corrected chi connectivity index (χ1v) is 11.0. The zero-order chi connectivity index (χ0) is 23.8. The Bertz CT molecular complexity index is 1330. The van der Waals surface area contributed by atoms with E-state index < -0.39 is 6.04 Å². The number of nitrogens with zero attached hydrogens (tertiary/aromatic N) is 2. The molecular formula is C26H22ClN3O4. The Labute approximate surface area is 201 Å². The van der Waals surface area contributed by atoms with Crippen LogP contribution in [0.25, 0.3) is 11.3 Å². The highest BCUT2D eigenvalue weighted by Gasteiger charge is 2.42. The van der Waals surface area contributed by atoms with Gasteiger partial charge in [0.05, 0.1) is 26.0 Å². The summed E-state index contributed by atoms with van der Waals surface area (Å²) < 4.78 is 10.8. The summed E-state index contributed by atoms with van der Waals surface area (Å²) in [5, 5.41) is 18.5. The van der Waals surface area contributed by atoms with Crippen molar-refractivity contribution in [1.29, 1.82) is 0 Å². The average molecular weight is 476 g/mol. The molecule has 5 rings (SSSR count). The molecule has 0 saturated heterocycles. The van der Waals surface area contributed by atoms with Gasteiger partial charge in [0, 0.05) is 22.7 Å². The van der Waals surface area contributed by atoms with Gasteiger partial charge in [-0.1, -0.05) is 54.1 Å². The van der Waals surface area contributed by atoms with Crippen molar-refractivity contribution in [2.45, 2.75) is 12.6 Å². The van der Waals surface area contributed by atoms with Crippen LogP contribution in [-0.2, 0) is 6.54 Å². The fourth-order valence-corrected chi connectivity index (χ4v) is 4.51. The maximum atomic E-state index is 13.6. The van der Waals surface area contributed by atoms with Crippen LogP contribution in [-0.4, -0.2) is 40.3 Å². The number of benzene rings is 3. The normalized spacial score (nSPS) is 14.9. The number of methoxy groups -OCH3 is 2. The second-order valence-electron chi connectivity index (χ2n) is 7.96. The minimum atomic E-state index is -0.490. The number of aromatic amines is 1. The van der Waals surface area contributed by atoms with Crippen LogP contribution >= 0.6 is 11.6 Å².